The first-order valence-corrected chi connectivity index (χ1v) is 8.05. The smallest absolute Gasteiger partial charge is 0.333 e. The summed E-state index contributed by atoms with van der Waals surface area (Å²) in [4.78, 5) is 24.1. The Hall–Kier alpha value is -2.72. The van der Waals surface area contributed by atoms with Crippen LogP contribution >= 0.6 is 0 Å². The summed E-state index contributed by atoms with van der Waals surface area (Å²) in [7, 11) is 0. The Kier molecular flexibility index (Phi) is 7.76. The Bertz CT molecular complexity index is 746. The van der Waals surface area contributed by atoms with Crippen LogP contribution in [0.15, 0.2) is 65.7 Å². The number of carbonyl (C=O) groups excluding carboxylic acids is 2. The van der Waals surface area contributed by atoms with Gasteiger partial charge in [0.15, 0.2) is 5.78 Å². The van der Waals surface area contributed by atoms with Crippen molar-refractivity contribution in [1.29, 1.82) is 0 Å². The first-order valence-electron chi connectivity index (χ1n) is 8.05. The molecule has 132 valence electrons. The molecule has 0 aliphatic rings. The van der Waals surface area contributed by atoms with Gasteiger partial charge >= 0.3 is 5.97 Å². The quantitative estimate of drug-likeness (QED) is 0.477. The normalized spacial score (nSPS) is 11.2. The summed E-state index contributed by atoms with van der Waals surface area (Å²) in [6.45, 7) is 5.87. The lowest BCUT2D eigenvalue weighted by atomic mass is 9.98. The molecule has 0 atom stereocenters. The first-order chi connectivity index (χ1) is 11.5. The van der Waals surface area contributed by atoms with Gasteiger partial charge in [-0.15, -0.1) is 0 Å². The lowest BCUT2D eigenvalue weighted by Crippen LogP contribution is -2.08. The minimum Gasteiger partial charge on any atom is -0.463 e. The number of ether oxygens (including phenoxy) is 1. The van der Waals surface area contributed by atoms with Crippen LogP contribution in [0.3, 0.4) is 0 Å². The summed E-state index contributed by atoms with van der Waals surface area (Å²) < 4.78 is 5.02. The first kappa shape index (κ1) is 20.3. The van der Waals surface area contributed by atoms with Crippen molar-refractivity contribution in [2.24, 2.45) is 0 Å². The number of hydrogen-bond donors (Lipinski definition) is 1. The summed E-state index contributed by atoms with van der Waals surface area (Å²) >= 11 is 0. The molecule has 0 spiro atoms. The zero-order valence-electron chi connectivity index (χ0n) is 15.0. The minimum atomic E-state index is -0.272. The summed E-state index contributed by atoms with van der Waals surface area (Å²) in [5.74, 6) is -0.261. The molecule has 0 aliphatic carbocycles. The Morgan fingerprint density at radius 1 is 0.880 bits per heavy atom. The predicted molar refractivity (Wildman–Crippen MR) is 100 cm³/mol. The van der Waals surface area contributed by atoms with Gasteiger partial charge in [0, 0.05) is 16.7 Å². The second kappa shape index (κ2) is 9.55. The van der Waals surface area contributed by atoms with E-state index in [1.807, 2.05) is 61.5 Å². The van der Waals surface area contributed by atoms with Crippen molar-refractivity contribution in [3.63, 3.8) is 0 Å². The largest absolute Gasteiger partial charge is 0.463 e. The second-order valence-corrected chi connectivity index (χ2v) is 5.69. The van der Waals surface area contributed by atoms with Crippen LogP contribution in [-0.4, -0.2) is 18.4 Å². The number of esters is 1. The highest BCUT2D eigenvalue weighted by Gasteiger charge is 2.11. The summed E-state index contributed by atoms with van der Waals surface area (Å²) in [6.07, 6.45) is 0.657. The minimum absolute atomic E-state index is 0. The van der Waals surface area contributed by atoms with Crippen molar-refractivity contribution in [2.45, 2.75) is 27.2 Å². The van der Waals surface area contributed by atoms with Crippen molar-refractivity contribution in [1.82, 2.24) is 6.15 Å². The van der Waals surface area contributed by atoms with Crippen molar-refractivity contribution in [3.05, 3.63) is 82.4 Å². The SMILES string of the molecule is CCOC(=O)C(C)=C(C)Cc1ccc(C(=O)c2ccccc2)cc1.N. The zero-order valence-corrected chi connectivity index (χ0v) is 15.0. The molecule has 0 aliphatic heterocycles. The van der Waals surface area contributed by atoms with Gasteiger partial charge in [-0.05, 0) is 32.8 Å². The highest BCUT2D eigenvalue weighted by molar-refractivity contribution is 6.08. The van der Waals surface area contributed by atoms with Crippen molar-refractivity contribution < 1.29 is 14.3 Å². The second-order valence-electron chi connectivity index (χ2n) is 5.69. The van der Waals surface area contributed by atoms with E-state index in [0.29, 0.717) is 29.7 Å². The molecule has 0 aromatic heterocycles. The third-order valence-corrected chi connectivity index (χ3v) is 3.94. The zero-order chi connectivity index (χ0) is 17.5. The van der Waals surface area contributed by atoms with Gasteiger partial charge in [-0.1, -0.05) is 60.2 Å². The van der Waals surface area contributed by atoms with E-state index in [0.717, 1.165) is 11.1 Å². The fourth-order valence-electron chi connectivity index (χ4n) is 2.38. The maximum atomic E-state index is 12.4. The van der Waals surface area contributed by atoms with Gasteiger partial charge in [-0.3, -0.25) is 4.79 Å². The summed E-state index contributed by atoms with van der Waals surface area (Å²) in [5, 5.41) is 0. The lowest BCUT2D eigenvalue weighted by Gasteiger charge is -2.08. The fraction of sp³-hybridized carbons (Fsp3) is 0.238. The van der Waals surface area contributed by atoms with Crippen molar-refractivity contribution in [3.8, 4) is 0 Å². The van der Waals surface area contributed by atoms with Gasteiger partial charge in [-0.2, -0.15) is 0 Å². The van der Waals surface area contributed by atoms with E-state index in [-0.39, 0.29) is 17.9 Å². The van der Waals surface area contributed by atoms with E-state index in [1.54, 1.807) is 13.8 Å². The maximum absolute atomic E-state index is 12.4. The maximum Gasteiger partial charge on any atom is 0.333 e. The topological polar surface area (TPSA) is 78.4 Å². The molecule has 0 saturated carbocycles. The van der Waals surface area contributed by atoms with Crippen molar-refractivity contribution in [2.75, 3.05) is 6.61 Å². The average Bonchev–Trinajstić information content (AvgIpc) is 2.62. The Morgan fingerprint density at radius 2 is 1.44 bits per heavy atom. The van der Waals surface area contributed by atoms with E-state index < -0.39 is 0 Å². The van der Waals surface area contributed by atoms with Crippen LogP contribution in [0.1, 0.15) is 42.3 Å². The summed E-state index contributed by atoms with van der Waals surface area (Å²) in [6, 6.07) is 16.7. The van der Waals surface area contributed by atoms with E-state index in [2.05, 4.69) is 0 Å². The molecule has 0 unspecified atom stereocenters. The van der Waals surface area contributed by atoms with Crippen LogP contribution in [0.25, 0.3) is 0 Å². The van der Waals surface area contributed by atoms with E-state index in [9.17, 15) is 9.59 Å². The molecular formula is C21H25NO3. The van der Waals surface area contributed by atoms with Crippen LogP contribution in [0.4, 0.5) is 0 Å². The van der Waals surface area contributed by atoms with Crippen molar-refractivity contribution >= 4 is 11.8 Å². The van der Waals surface area contributed by atoms with Crippen LogP contribution in [0.2, 0.25) is 0 Å². The van der Waals surface area contributed by atoms with Crippen LogP contribution in [0, 0.1) is 0 Å². The van der Waals surface area contributed by atoms with Gasteiger partial charge in [0.05, 0.1) is 6.61 Å². The molecule has 4 heteroatoms. The number of benzene rings is 2. The Balaban J connectivity index is 0.00000312. The molecule has 4 nitrogen and oxygen atoms in total. The molecule has 2 rings (SSSR count). The molecule has 2 aromatic rings. The Labute approximate surface area is 149 Å². The molecular weight excluding hydrogens is 314 g/mol. The molecule has 0 bridgehead atoms. The average molecular weight is 339 g/mol. The molecule has 3 N–H and O–H groups in total. The van der Waals surface area contributed by atoms with Gasteiger partial charge in [-0.25, -0.2) is 4.79 Å². The van der Waals surface area contributed by atoms with E-state index in [4.69, 9.17) is 4.74 Å². The molecule has 0 saturated heterocycles. The number of carbonyl (C=O) groups is 2. The molecule has 0 fully saturated rings. The lowest BCUT2D eigenvalue weighted by molar-refractivity contribution is -0.138. The number of hydrogen-bond acceptors (Lipinski definition) is 4. The predicted octanol–water partition coefficient (Wildman–Crippen LogP) is 4.52. The third-order valence-electron chi connectivity index (χ3n) is 3.94. The monoisotopic (exact) mass is 339 g/mol. The highest BCUT2D eigenvalue weighted by Crippen LogP contribution is 2.16. The Morgan fingerprint density at radius 3 is 2.00 bits per heavy atom. The van der Waals surface area contributed by atoms with E-state index in [1.165, 1.54) is 0 Å². The van der Waals surface area contributed by atoms with Crippen LogP contribution in [-0.2, 0) is 16.0 Å². The van der Waals surface area contributed by atoms with Gasteiger partial charge < -0.3 is 10.9 Å². The van der Waals surface area contributed by atoms with E-state index >= 15 is 0 Å². The van der Waals surface area contributed by atoms with Gasteiger partial charge in [0.25, 0.3) is 0 Å². The third kappa shape index (κ3) is 5.40. The molecule has 0 heterocycles. The number of rotatable bonds is 6. The standard InChI is InChI=1S/C21H22O3.H3N/c1-4-24-21(23)16(3)15(2)14-17-10-12-19(13-11-17)20(22)18-8-6-5-7-9-18;/h5-13H,4,14H2,1-3H3;1H3. The van der Waals surface area contributed by atoms with Gasteiger partial charge in [0.2, 0.25) is 0 Å². The molecule has 0 radical (unpaired) electrons. The fourth-order valence-corrected chi connectivity index (χ4v) is 2.38. The summed E-state index contributed by atoms with van der Waals surface area (Å²) in [5.41, 5.74) is 4.01. The molecule has 25 heavy (non-hydrogen) atoms. The van der Waals surface area contributed by atoms with Crippen LogP contribution < -0.4 is 6.15 Å². The van der Waals surface area contributed by atoms with Gasteiger partial charge in [0.1, 0.15) is 0 Å². The molecule has 2 aromatic carbocycles. The van der Waals surface area contributed by atoms with Crippen LogP contribution in [0.5, 0.6) is 0 Å². The highest BCUT2D eigenvalue weighted by atomic mass is 16.5. The number of ketones is 1. The number of allylic oxidation sites excluding steroid dienone is 1. The molecule has 0 amide bonds.